The van der Waals surface area contributed by atoms with Gasteiger partial charge in [0.2, 0.25) is 0 Å². The van der Waals surface area contributed by atoms with Gasteiger partial charge < -0.3 is 5.73 Å². The van der Waals surface area contributed by atoms with Crippen LogP contribution in [0.3, 0.4) is 0 Å². The van der Waals surface area contributed by atoms with Crippen LogP contribution in [0.2, 0.25) is 0 Å². The minimum absolute atomic E-state index is 0.374. The van der Waals surface area contributed by atoms with Gasteiger partial charge in [0.15, 0.2) is 0 Å². The smallest absolute Gasteiger partial charge is 0.0441 e. The molecule has 0 atom stereocenters. The van der Waals surface area contributed by atoms with E-state index in [-0.39, 0.29) is 5.54 Å². The van der Waals surface area contributed by atoms with E-state index in [4.69, 9.17) is 5.73 Å². The standard InChI is InChI=1S/C15H23N/c1-5-9-11-14(10-6-2)15(16,12-7-3)13-8-4/h5-8,11H,1-4,9-10,12-13,16H2/b14-11+. The zero-order chi connectivity index (χ0) is 12.4. The van der Waals surface area contributed by atoms with Crippen LogP contribution < -0.4 is 5.73 Å². The molecule has 1 nitrogen and oxygen atoms in total. The van der Waals surface area contributed by atoms with Gasteiger partial charge in [-0.3, -0.25) is 0 Å². The molecular formula is C15H23N. The summed E-state index contributed by atoms with van der Waals surface area (Å²) in [5.74, 6) is 0. The van der Waals surface area contributed by atoms with Gasteiger partial charge in [0.05, 0.1) is 0 Å². The second-order valence-corrected chi connectivity index (χ2v) is 3.89. The van der Waals surface area contributed by atoms with Crippen molar-refractivity contribution in [2.45, 2.75) is 31.2 Å². The van der Waals surface area contributed by atoms with E-state index in [0.29, 0.717) is 0 Å². The Hall–Kier alpha value is -1.34. The van der Waals surface area contributed by atoms with Crippen molar-refractivity contribution >= 4 is 0 Å². The first-order valence-corrected chi connectivity index (χ1v) is 5.56. The molecule has 1 heteroatoms. The fourth-order valence-corrected chi connectivity index (χ4v) is 1.73. The molecule has 2 N–H and O–H groups in total. The minimum Gasteiger partial charge on any atom is -0.321 e. The molecule has 0 saturated heterocycles. The second kappa shape index (κ2) is 7.89. The molecule has 0 aromatic rings. The van der Waals surface area contributed by atoms with Crippen LogP contribution in [0.1, 0.15) is 25.7 Å². The summed E-state index contributed by atoms with van der Waals surface area (Å²) in [5, 5.41) is 0. The Morgan fingerprint density at radius 3 is 1.88 bits per heavy atom. The van der Waals surface area contributed by atoms with E-state index in [0.717, 1.165) is 25.7 Å². The Morgan fingerprint density at radius 1 is 0.938 bits per heavy atom. The van der Waals surface area contributed by atoms with Gasteiger partial charge in [0, 0.05) is 5.54 Å². The number of rotatable bonds is 9. The molecule has 0 amide bonds. The number of nitrogens with two attached hydrogens (primary N) is 1. The average Bonchev–Trinajstić information content (AvgIpc) is 2.24. The highest BCUT2D eigenvalue weighted by Gasteiger charge is 2.25. The molecule has 0 aliphatic carbocycles. The van der Waals surface area contributed by atoms with Crippen LogP contribution >= 0.6 is 0 Å². The second-order valence-electron chi connectivity index (χ2n) is 3.89. The Morgan fingerprint density at radius 2 is 1.50 bits per heavy atom. The molecule has 0 unspecified atom stereocenters. The Bertz CT molecular complexity index is 274. The quantitative estimate of drug-likeness (QED) is 0.582. The Kier molecular flexibility index (Phi) is 7.23. The molecule has 0 aliphatic heterocycles. The molecule has 16 heavy (non-hydrogen) atoms. The fourth-order valence-electron chi connectivity index (χ4n) is 1.73. The molecule has 0 rings (SSSR count). The highest BCUT2D eigenvalue weighted by atomic mass is 14.7. The van der Waals surface area contributed by atoms with Crippen molar-refractivity contribution in [2.75, 3.05) is 0 Å². The lowest BCUT2D eigenvalue weighted by atomic mass is 9.82. The summed E-state index contributed by atoms with van der Waals surface area (Å²) in [6.45, 7) is 15.0. The topological polar surface area (TPSA) is 26.0 Å². The fraction of sp³-hybridized carbons (Fsp3) is 0.333. The maximum atomic E-state index is 6.40. The summed E-state index contributed by atoms with van der Waals surface area (Å²) in [5.41, 5.74) is 7.21. The van der Waals surface area contributed by atoms with Gasteiger partial charge in [-0.25, -0.2) is 0 Å². The van der Waals surface area contributed by atoms with Gasteiger partial charge >= 0.3 is 0 Å². The minimum atomic E-state index is -0.374. The third-order valence-electron chi connectivity index (χ3n) is 2.55. The Labute approximate surface area is 99.7 Å². The normalized spacial score (nSPS) is 11.9. The van der Waals surface area contributed by atoms with E-state index in [1.54, 1.807) is 0 Å². The molecule has 0 aliphatic rings. The van der Waals surface area contributed by atoms with E-state index in [1.807, 2.05) is 24.3 Å². The molecule has 0 spiro atoms. The van der Waals surface area contributed by atoms with Crippen molar-refractivity contribution < 1.29 is 0 Å². The molecule has 88 valence electrons. The lowest BCUT2D eigenvalue weighted by molar-refractivity contribution is 0.501. The first-order chi connectivity index (χ1) is 7.64. The molecule has 0 fully saturated rings. The molecule has 0 bridgehead atoms. The van der Waals surface area contributed by atoms with Gasteiger partial charge in [-0.15, -0.1) is 26.3 Å². The first-order valence-electron chi connectivity index (χ1n) is 5.56. The summed E-state index contributed by atoms with van der Waals surface area (Å²) < 4.78 is 0. The molecule has 0 saturated carbocycles. The van der Waals surface area contributed by atoms with Crippen LogP contribution in [0, 0.1) is 0 Å². The predicted molar refractivity (Wildman–Crippen MR) is 74.3 cm³/mol. The van der Waals surface area contributed by atoms with Crippen molar-refractivity contribution in [1.29, 1.82) is 0 Å². The van der Waals surface area contributed by atoms with E-state index in [9.17, 15) is 0 Å². The molecule has 0 aromatic heterocycles. The highest BCUT2D eigenvalue weighted by molar-refractivity contribution is 5.25. The van der Waals surface area contributed by atoms with Crippen molar-refractivity contribution in [3.05, 3.63) is 62.3 Å². The monoisotopic (exact) mass is 217 g/mol. The van der Waals surface area contributed by atoms with Gasteiger partial charge in [-0.2, -0.15) is 0 Å². The number of hydrogen-bond donors (Lipinski definition) is 1. The zero-order valence-corrected chi connectivity index (χ0v) is 10.1. The summed E-state index contributed by atoms with van der Waals surface area (Å²) in [7, 11) is 0. The van der Waals surface area contributed by atoms with Gasteiger partial charge in [-0.1, -0.05) is 30.4 Å². The van der Waals surface area contributed by atoms with Crippen molar-refractivity contribution in [2.24, 2.45) is 5.73 Å². The van der Waals surface area contributed by atoms with Crippen LogP contribution in [0.5, 0.6) is 0 Å². The van der Waals surface area contributed by atoms with Crippen molar-refractivity contribution in [3.63, 3.8) is 0 Å². The third kappa shape index (κ3) is 4.45. The van der Waals surface area contributed by atoms with E-state index >= 15 is 0 Å². The summed E-state index contributed by atoms with van der Waals surface area (Å²) in [6, 6.07) is 0. The first kappa shape index (κ1) is 14.7. The summed E-state index contributed by atoms with van der Waals surface area (Å²) in [4.78, 5) is 0. The molecule has 0 heterocycles. The average molecular weight is 217 g/mol. The van der Waals surface area contributed by atoms with Crippen LogP contribution in [-0.4, -0.2) is 5.54 Å². The van der Waals surface area contributed by atoms with Crippen LogP contribution in [0.4, 0.5) is 0 Å². The summed E-state index contributed by atoms with van der Waals surface area (Å²) >= 11 is 0. The van der Waals surface area contributed by atoms with Gasteiger partial charge in [0.1, 0.15) is 0 Å². The maximum absolute atomic E-state index is 6.40. The molecule has 0 radical (unpaired) electrons. The van der Waals surface area contributed by atoms with Crippen molar-refractivity contribution in [3.8, 4) is 0 Å². The SMILES string of the molecule is C=CC/C=C(\CC=C)C(N)(CC=C)CC=C. The van der Waals surface area contributed by atoms with E-state index < -0.39 is 0 Å². The van der Waals surface area contributed by atoms with E-state index in [1.165, 1.54) is 5.57 Å². The zero-order valence-electron chi connectivity index (χ0n) is 10.1. The highest BCUT2D eigenvalue weighted by Crippen LogP contribution is 2.26. The van der Waals surface area contributed by atoms with E-state index in [2.05, 4.69) is 32.4 Å². The Balaban J connectivity index is 5.04. The number of hydrogen-bond acceptors (Lipinski definition) is 1. The van der Waals surface area contributed by atoms with Crippen LogP contribution in [-0.2, 0) is 0 Å². The largest absolute Gasteiger partial charge is 0.321 e. The third-order valence-corrected chi connectivity index (χ3v) is 2.55. The van der Waals surface area contributed by atoms with Crippen LogP contribution in [0.15, 0.2) is 62.3 Å². The van der Waals surface area contributed by atoms with Crippen LogP contribution in [0.25, 0.3) is 0 Å². The molecule has 0 aromatic carbocycles. The maximum Gasteiger partial charge on any atom is 0.0441 e. The predicted octanol–water partition coefficient (Wildman–Crippen LogP) is 3.91. The van der Waals surface area contributed by atoms with Gasteiger partial charge in [0.25, 0.3) is 0 Å². The lowest BCUT2D eigenvalue weighted by Gasteiger charge is -2.30. The van der Waals surface area contributed by atoms with Gasteiger partial charge in [-0.05, 0) is 31.3 Å². The lowest BCUT2D eigenvalue weighted by Crippen LogP contribution is -2.40. The molecular weight excluding hydrogens is 194 g/mol. The van der Waals surface area contributed by atoms with Crippen molar-refractivity contribution in [1.82, 2.24) is 0 Å². The summed E-state index contributed by atoms with van der Waals surface area (Å²) in [6.07, 6.45) is 12.7. The number of allylic oxidation sites excluding steroid dienone is 3.